The molecule has 0 atom stereocenters. The molecule has 118 valence electrons. The predicted molar refractivity (Wildman–Crippen MR) is 79.0 cm³/mol. The summed E-state index contributed by atoms with van der Waals surface area (Å²) in [6, 6.07) is 5.21. The minimum atomic E-state index is -0.0426. The van der Waals surface area contributed by atoms with Gasteiger partial charge in [0.2, 0.25) is 12.7 Å². The molecule has 0 unspecified atom stereocenters. The first-order valence-electron chi connectivity index (χ1n) is 7.30. The van der Waals surface area contributed by atoms with Crippen LogP contribution in [0.1, 0.15) is 10.4 Å². The van der Waals surface area contributed by atoms with E-state index in [1.54, 1.807) is 35.0 Å². The van der Waals surface area contributed by atoms with E-state index in [1.165, 1.54) is 0 Å². The van der Waals surface area contributed by atoms with E-state index in [0.29, 0.717) is 49.8 Å². The van der Waals surface area contributed by atoms with Gasteiger partial charge in [-0.15, -0.1) is 0 Å². The fraction of sp³-hybridized carbons (Fsp3) is 0.467. The number of amides is 2. The van der Waals surface area contributed by atoms with Crippen LogP contribution in [-0.2, 0) is 4.79 Å². The lowest BCUT2D eigenvalue weighted by Crippen LogP contribution is -2.52. The summed E-state index contributed by atoms with van der Waals surface area (Å²) in [6.07, 6.45) is 0. The van der Waals surface area contributed by atoms with Crippen LogP contribution in [0.3, 0.4) is 0 Å². The van der Waals surface area contributed by atoms with Gasteiger partial charge in [0.15, 0.2) is 11.5 Å². The quantitative estimate of drug-likeness (QED) is 0.846. The van der Waals surface area contributed by atoms with E-state index in [2.05, 4.69) is 5.32 Å². The molecular weight excluding hydrogens is 286 g/mol. The second kappa shape index (κ2) is 6.23. The topological polar surface area (TPSA) is 71.1 Å². The molecule has 7 heteroatoms. The van der Waals surface area contributed by atoms with Gasteiger partial charge < -0.3 is 24.6 Å². The SMILES string of the molecule is CNCC(=O)N1CCN(C(=O)c2ccc3c(c2)OCO3)CC1. The van der Waals surface area contributed by atoms with Crippen LogP contribution < -0.4 is 14.8 Å². The third-order valence-corrected chi connectivity index (χ3v) is 3.87. The summed E-state index contributed by atoms with van der Waals surface area (Å²) in [5.41, 5.74) is 0.583. The van der Waals surface area contributed by atoms with Crippen molar-refractivity contribution >= 4 is 11.8 Å². The molecule has 2 heterocycles. The summed E-state index contributed by atoms with van der Waals surface area (Å²) < 4.78 is 10.5. The van der Waals surface area contributed by atoms with Crippen molar-refractivity contribution in [3.8, 4) is 11.5 Å². The molecule has 1 aromatic rings. The van der Waals surface area contributed by atoms with E-state index in [1.807, 2.05) is 0 Å². The monoisotopic (exact) mass is 305 g/mol. The number of nitrogens with zero attached hydrogens (tertiary/aromatic N) is 2. The van der Waals surface area contributed by atoms with Crippen molar-refractivity contribution in [3.63, 3.8) is 0 Å². The highest BCUT2D eigenvalue weighted by Gasteiger charge is 2.25. The van der Waals surface area contributed by atoms with Gasteiger partial charge >= 0.3 is 0 Å². The van der Waals surface area contributed by atoms with Crippen molar-refractivity contribution in [2.45, 2.75) is 0 Å². The number of hydrogen-bond acceptors (Lipinski definition) is 5. The Labute approximate surface area is 128 Å². The van der Waals surface area contributed by atoms with Gasteiger partial charge in [-0.05, 0) is 25.2 Å². The summed E-state index contributed by atoms with van der Waals surface area (Å²) in [7, 11) is 1.75. The molecule has 1 aromatic carbocycles. The highest BCUT2D eigenvalue weighted by atomic mass is 16.7. The fourth-order valence-corrected chi connectivity index (χ4v) is 2.63. The van der Waals surface area contributed by atoms with Gasteiger partial charge in [0, 0.05) is 31.7 Å². The molecule has 2 amide bonds. The van der Waals surface area contributed by atoms with Gasteiger partial charge in [-0.3, -0.25) is 9.59 Å². The molecule has 2 aliphatic rings. The Hall–Kier alpha value is -2.28. The molecule has 2 aliphatic heterocycles. The molecule has 1 N–H and O–H groups in total. The molecule has 22 heavy (non-hydrogen) atoms. The summed E-state index contributed by atoms with van der Waals surface area (Å²) in [5, 5.41) is 2.85. The second-order valence-electron chi connectivity index (χ2n) is 5.27. The van der Waals surface area contributed by atoms with Crippen molar-refractivity contribution in [2.75, 3.05) is 46.6 Å². The lowest BCUT2D eigenvalue weighted by atomic mass is 10.1. The number of ether oxygens (including phenoxy) is 2. The van der Waals surface area contributed by atoms with Crippen LogP contribution in [0.4, 0.5) is 0 Å². The molecule has 1 fully saturated rings. The zero-order chi connectivity index (χ0) is 15.5. The number of nitrogens with one attached hydrogen (secondary N) is 1. The lowest BCUT2D eigenvalue weighted by molar-refractivity contribution is -0.131. The summed E-state index contributed by atoms with van der Waals surface area (Å²) in [4.78, 5) is 27.9. The fourth-order valence-electron chi connectivity index (χ4n) is 2.63. The normalized spacial score (nSPS) is 16.8. The largest absolute Gasteiger partial charge is 0.454 e. The lowest BCUT2D eigenvalue weighted by Gasteiger charge is -2.34. The molecule has 0 aliphatic carbocycles. The molecule has 0 radical (unpaired) electrons. The number of fused-ring (bicyclic) bond motifs is 1. The minimum Gasteiger partial charge on any atom is -0.454 e. The van der Waals surface area contributed by atoms with Crippen molar-refractivity contribution < 1.29 is 19.1 Å². The zero-order valence-electron chi connectivity index (χ0n) is 12.5. The maximum atomic E-state index is 12.5. The van der Waals surface area contributed by atoms with E-state index >= 15 is 0 Å². The Bertz CT molecular complexity index is 582. The zero-order valence-corrected chi connectivity index (χ0v) is 12.5. The first kappa shape index (κ1) is 14.6. The molecule has 0 spiro atoms. The first-order valence-corrected chi connectivity index (χ1v) is 7.30. The summed E-state index contributed by atoms with van der Waals surface area (Å²) in [6.45, 7) is 2.74. The molecule has 7 nitrogen and oxygen atoms in total. The van der Waals surface area contributed by atoms with Gasteiger partial charge in [-0.1, -0.05) is 0 Å². The van der Waals surface area contributed by atoms with Crippen LogP contribution in [0.25, 0.3) is 0 Å². The van der Waals surface area contributed by atoms with Crippen molar-refractivity contribution in [3.05, 3.63) is 23.8 Å². The van der Waals surface area contributed by atoms with Crippen molar-refractivity contribution in [1.29, 1.82) is 0 Å². The van der Waals surface area contributed by atoms with Crippen molar-refractivity contribution in [2.24, 2.45) is 0 Å². The minimum absolute atomic E-state index is 0.0426. The average molecular weight is 305 g/mol. The number of carbonyl (C=O) groups is 2. The smallest absolute Gasteiger partial charge is 0.254 e. The summed E-state index contributed by atoms with van der Waals surface area (Å²) >= 11 is 0. The van der Waals surface area contributed by atoms with Gasteiger partial charge in [0.1, 0.15) is 0 Å². The van der Waals surface area contributed by atoms with E-state index in [9.17, 15) is 9.59 Å². The van der Waals surface area contributed by atoms with Crippen LogP contribution in [0.2, 0.25) is 0 Å². The van der Waals surface area contributed by atoms with Gasteiger partial charge in [-0.2, -0.15) is 0 Å². The number of piperazine rings is 1. The molecule has 0 aromatic heterocycles. The Balaban J connectivity index is 1.61. The van der Waals surface area contributed by atoms with E-state index in [4.69, 9.17) is 9.47 Å². The van der Waals surface area contributed by atoms with E-state index in [-0.39, 0.29) is 18.6 Å². The number of hydrogen-bond donors (Lipinski definition) is 1. The molecular formula is C15H19N3O4. The molecule has 3 rings (SSSR count). The highest BCUT2D eigenvalue weighted by Crippen LogP contribution is 2.32. The van der Waals surface area contributed by atoms with Crippen LogP contribution in [0.15, 0.2) is 18.2 Å². The second-order valence-corrected chi connectivity index (χ2v) is 5.27. The number of benzene rings is 1. The number of rotatable bonds is 3. The molecule has 1 saturated heterocycles. The molecule has 0 saturated carbocycles. The third kappa shape index (κ3) is 2.85. The Morgan fingerprint density at radius 3 is 2.50 bits per heavy atom. The van der Waals surface area contributed by atoms with Gasteiger partial charge in [-0.25, -0.2) is 0 Å². The average Bonchev–Trinajstić information content (AvgIpc) is 3.02. The van der Waals surface area contributed by atoms with Crippen LogP contribution in [0, 0.1) is 0 Å². The Kier molecular flexibility index (Phi) is 4.15. The van der Waals surface area contributed by atoms with E-state index in [0.717, 1.165) is 0 Å². The number of likely N-dealkylation sites (N-methyl/N-ethyl adjacent to an activating group) is 1. The molecule has 0 bridgehead atoms. The van der Waals surface area contributed by atoms with Crippen LogP contribution >= 0.6 is 0 Å². The van der Waals surface area contributed by atoms with Gasteiger partial charge in [0.25, 0.3) is 5.91 Å². The highest BCUT2D eigenvalue weighted by molar-refractivity contribution is 5.95. The third-order valence-electron chi connectivity index (χ3n) is 3.87. The Morgan fingerprint density at radius 2 is 1.77 bits per heavy atom. The maximum Gasteiger partial charge on any atom is 0.254 e. The standard InChI is InChI=1S/C15H19N3O4/c1-16-9-14(19)17-4-6-18(7-5-17)15(20)11-2-3-12-13(8-11)22-10-21-12/h2-3,8,16H,4-7,9-10H2,1H3. The van der Waals surface area contributed by atoms with Gasteiger partial charge in [0.05, 0.1) is 6.54 Å². The van der Waals surface area contributed by atoms with Crippen molar-refractivity contribution in [1.82, 2.24) is 15.1 Å². The van der Waals surface area contributed by atoms with E-state index < -0.39 is 0 Å². The Morgan fingerprint density at radius 1 is 1.09 bits per heavy atom. The summed E-state index contributed by atoms with van der Waals surface area (Å²) in [5.74, 6) is 1.30. The number of carbonyl (C=O) groups excluding carboxylic acids is 2. The predicted octanol–water partition coefficient (Wildman–Crippen LogP) is -0.0809. The van der Waals surface area contributed by atoms with Crippen LogP contribution in [0.5, 0.6) is 11.5 Å². The van der Waals surface area contributed by atoms with Crippen LogP contribution in [-0.4, -0.2) is 68.2 Å². The maximum absolute atomic E-state index is 12.5. The first-order chi connectivity index (χ1) is 10.7.